The molecule has 0 aliphatic carbocycles. The fraction of sp³-hybridized carbons (Fsp3) is 0.273. The van der Waals surface area contributed by atoms with E-state index < -0.39 is 5.82 Å². The minimum atomic E-state index is -0.490. The molecule has 0 saturated carbocycles. The van der Waals surface area contributed by atoms with Crippen molar-refractivity contribution in [1.82, 2.24) is 15.6 Å². The van der Waals surface area contributed by atoms with Crippen LogP contribution in [0.2, 0.25) is 0 Å². The van der Waals surface area contributed by atoms with Gasteiger partial charge in [-0.05, 0) is 24.3 Å². The van der Waals surface area contributed by atoms with Gasteiger partial charge in [-0.2, -0.15) is 0 Å². The van der Waals surface area contributed by atoms with Crippen LogP contribution in [0, 0.1) is 5.82 Å². The van der Waals surface area contributed by atoms with Crippen molar-refractivity contribution in [2.24, 2.45) is 0 Å². The lowest BCUT2D eigenvalue weighted by atomic mass is 10.1. The molecule has 0 aliphatic heterocycles. The van der Waals surface area contributed by atoms with Gasteiger partial charge in [-0.25, -0.2) is 9.18 Å². The Hall–Kier alpha value is -3.46. The van der Waals surface area contributed by atoms with E-state index in [1.54, 1.807) is 43.6 Å². The van der Waals surface area contributed by atoms with Gasteiger partial charge in [0.15, 0.2) is 23.1 Å². The lowest BCUT2D eigenvalue weighted by molar-refractivity contribution is 0.236. The molecule has 3 N–H and O–H groups in total. The first-order valence-electron chi connectivity index (χ1n) is 9.88. The van der Waals surface area contributed by atoms with Crippen molar-refractivity contribution in [2.45, 2.75) is 0 Å². The van der Waals surface area contributed by atoms with Crippen LogP contribution in [0.4, 0.5) is 14.9 Å². The number of hydrogen-bond donors (Lipinski definition) is 3. The number of urea groups is 1. The topological polar surface area (TPSA) is 93.7 Å². The van der Waals surface area contributed by atoms with Gasteiger partial charge in [0, 0.05) is 48.9 Å². The molecule has 3 rings (SSSR count). The Labute approximate surface area is 190 Å². The highest BCUT2D eigenvalue weighted by Crippen LogP contribution is 2.37. The first-order chi connectivity index (χ1) is 15.5. The predicted octanol–water partition coefficient (Wildman–Crippen LogP) is 4.13. The fourth-order valence-corrected chi connectivity index (χ4v) is 2.99. The molecule has 0 saturated heterocycles. The Morgan fingerprint density at radius 2 is 1.88 bits per heavy atom. The minimum Gasteiger partial charge on any atom is -0.493 e. The van der Waals surface area contributed by atoms with E-state index in [9.17, 15) is 9.18 Å². The van der Waals surface area contributed by atoms with Gasteiger partial charge in [-0.3, -0.25) is 4.98 Å². The highest BCUT2D eigenvalue weighted by atomic mass is 35.5. The summed E-state index contributed by atoms with van der Waals surface area (Å²) >= 11 is 5.53. The van der Waals surface area contributed by atoms with Crippen LogP contribution in [0.1, 0.15) is 0 Å². The van der Waals surface area contributed by atoms with Crippen LogP contribution in [0.5, 0.6) is 23.0 Å². The van der Waals surface area contributed by atoms with Crippen LogP contribution < -0.4 is 30.2 Å². The van der Waals surface area contributed by atoms with E-state index in [0.29, 0.717) is 46.3 Å². The van der Waals surface area contributed by atoms with Crippen LogP contribution in [0.25, 0.3) is 10.9 Å². The van der Waals surface area contributed by atoms with Gasteiger partial charge in [-0.1, -0.05) is 0 Å². The first-order valence-corrected chi connectivity index (χ1v) is 10.4. The zero-order valence-corrected chi connectivity index (χ0v) is 18.5. The molecule has 10 heteroatoms. The molecule has 0 radical (unpaired) electrons. The summed E-state index contributed by atoms with van der Waals surface area (Å²) < 4.78 is 31.4. The Balaban J connectivity index is 1.76. The fourth-order valence-electron chi connectivity index (χ4n) is 2.90. The zero-order chi connectivity index (χ0) is 22.9. The molecule has 0 atom stereocenters. The number of benzene rings is 2. The molecule has 1 heterocycles. The number of rotatable bonds is 10. The summed E-state index contributed by atoms with van der Waals surface area (Å²) in [5, 5.41) is 8.77. The number of anilines is 1. The number of alkyl halides is 1. The number of nitrogens with one attached hydrogen (secondary N) is 3. The quantitative estimate of drug-likeness (QED) is 0.310. The average molecular weight is 463 g/mol. The second-order valence-electron chi connectivity index (χ2n) is 6.55. The number of halogens is 2. The van der Waals surface area contributed by atoms with Gasteiger partial charge in [0.2, 0.25) is 0 Å². The molecule has 3 aromatic rings. The van der Waals surface area contributed by atoms with Crippen LogP contribution >= 0.6 is 11.6 Å². The lowest BCUT2D eigenvalue weighted by Crippen LogP contribution is -2.38. The third-order valence-corrected chi connectivity index (χ3v) is 4.64. The Bertz CT molecular complexity index is 1080. The van der Waals surface area contributed by atoms with Crippen molar-refractivity contribution < 1.29 is 23.4 Å². The van der Waals surface area contributed by atoms with E-state index in [0.717, 1.165) is 0 Å². The summed E-state index contributed by atoms with van der Waals surface area (Å²) in [5.74, 6) is 1.27. The predicted molar refractivity (Wildman–Crippen MR) is 122 cm³/mol. The second kappa shape index (κ2) is 11.2. The van der Waals surface area contributed by atoms with Gasteiger partial charge in [0.05, 0.1) is 19.2 Å². The van der Waals surface area contributed by atoms with E-state index in [4.69, 9.17) is 25.8 Å². The largest absolute Gasteiger partial charge is 0.493 e. The standard InChI is InChI=1S/C22H24ClFN4O4/c1-25-14-3-4-19(16(24)11-14)32-18-5-7-26-17-13-21(20(30-2)12-15(17)18)31-10-9-28-22(29)27-8-6-23/h3-5,7,11-13,25H,6,8-10H2,1-2H3,(H2,27,28,29). The summed E-state index contributed by atoms with van der Waals surface area (Å²) in [6, 6.07) is 9.38. The number of aromatic nitrogens is 1. The number of ether oxygens (including phenoxy) is 3. The Morgan fingerprint density at radius 3 is 2.59 bits per heavy atom. The normalized spacial score (nSPS) is 10.5. The van der Waals surface area contributed by atoms with Crippen LogP contribution in [0.15, 0.2) is 42.6 Å². The average Bonchev–Trinajstić information content (AvgIpc) is 2.81. The number of methoxy groups -OCH3 is 1. The molecule has 0 bridgehead atoms. The van der Waals surface area contributed by atoms with Gasteiger partial charge in [-0.15, -0.1) is 11.6 Å². The summed E-state index contributed by atoms with van der Waals surface area (Å²) in [6.45, 7) is 0.884. The van der Waals surface area contributed by atoms with E-state index in [1.165, 1.54) is 13.2 Å². The van der Waals surface area contributed by atoms with Crippen LogP contribution in [-0.2, 0) is 0 Å². The number of hydrogen-bond acceptors (Lipinski definition) is 6. The van der Waals surface area contributed by atoms with Crippen molar-refractivity contribution in [2.75, 3.05) is 45.1 Å². The van der Waals surface area contributed by atoms with Gasteiger partial charge < -0.3 is 30.2 Å². The molecule has 0 spiro atoms. The van der Waals surface area contributed by atoms with Crippen molar-refractivity contribution >= 4 is 34.2 Å². The molecule has 1 aromatic heterocycles. The van der Waals surface area contributed by atoms with E-state index in [2.05, 4.69) is 20.9 Å². The third-order valence-electron chi connectivity index (χ3n) is 4.45. The lowest BCUT2D eigenvalue weighted by Gasteiger charge is -2.14. The summed E-state index contributed by atoms with van der Waals surface area (Å²) in [4.78, 5) is 15.9. The monoisotopic (exact) mass is 462 g/mol. The number of carbonyl (C=O) groups excluding carboxylic acids is 1. The van der Waals surface area contributed by atoms with Crippen molar-refractivity contribution in [3.8, 4) is 23.0 Å². The number of nitrogens with zero attached hydrogens (tertiary/aromatic N) is 1. The molecule has 2 aromatic carbocycles. The number of amides is 2. The smallest absolute Gasteiger partial charge is 0.314 e. The van der Waals surface area contributed by atoms with Gasteiger partial charge >= 0.3 is 6.03 Å². The van der Waals surface area contributed by atoms with Gasteiger partial charge in [0.25, 0.3) is 0 Å². The highest BCUT2D eigenvalue weighted by molar-refractivity contribution is 6.18. The Morgan fingerprint density at radius 1 is 1.06 bits per heavy atom. The van der Waals surface area contributed by atoms with E-state index in [-0.39, 0.29) is 24.9 Å². The molecule has 8 nitrogen and oxygen atoms in total. The first kappa shape index (κ1) is 23.2. The van der Waals surface area contributed by atoms with Crippen LogP contribution in [-0.4, -0.2) is 50.7 Å². The molecule has 170 valence electrons. The number of carbonyl (C=O) groups is 1. The maximum absolute atomic E-state index is 14.4. The SMILES string of the molecule is CNc1ccc(Oc2ccnc3cc(OCCNC(=O)NCCCl)c(OC)cc23)c(F)c1. The summed E-state index contributed by atoms with van der Waals surface area (Å²) in [5.41, 5.74) is 1.22. The number of fused-ring (bicyclic) bond motifs is 1. The molecule has 0 fully saturated rings. The summed E-state index contributed by atoms with van der Waals surface area (Å²) in [7, 11) is 3.23. The van der Waals surface area contributed by atoms with Crippen molar-refractivity contribution in [3.63, 3.8) is 0 Å². The Kier molecular flexibility index (Phi) is 8.15. The molecule has 0 unspecified atom stereocenters. The third kappa shape index (κ3) is 5.82. The number of pyridine rings is 1. The zero-order valence-electron chi connectivity index (χ0n) is 17.7. The molecular weight excluding hydrogens is 439 g/mol. The van der Waals surface area contributed by atoms with Crippen molar-refractivity contribution in [3.05, 3.63) is 48.4 Å². The molecule has 32 heavy (non-hydrogen) atoms. The second-order valence-corrected chi connectivity index (χ2v) is 6.92. The molecule has 2 amide bonds. The van der Waals surface area contributed by atoms with E-state index in [1.807, 2.05) is 0 Å². The maximum atomic E-state index is 14.4. The molecule has 0 aliphatic rings. The van der Waals surface area contributed by atoms with Crippen molar-refractivity contribution in [1.29, 1.82) is 0 Å². The molecular formula is C22H24ClFN4O4. The highest BCUT2D eigenvalue weighted by Gasteiger charge is 2.14. The van der Waals surface area contributed by atoms with E-state index >= 15 is 0 Å². The minimum absolute atomic E-state index is 0.0920. The van der Waals surface area contributed by atoms with Gasteiger partial charge in [0.1, 0.15) is 12.4 Å². The summed E-state index contributed by atoms with van der Waals surface area (Å²) in [6.07, 6.45) is 1.57. The van der Waals surface area contributed by atoms with Crippen LogP contribution in [0.3, 0.4) is 0 Å². The maximum Gasteiger partial charge on any atom is 0.314 e.